The number of nitrogens with zero attached hydrogens (tertiary/aromatic N) is 2. The molecule has 0 aliphatic rings. The van der Waals surface area contributed by atoms with Gasteiger partial charge in [0.05, 0.1) is 5.56 Å². The lowest BCUT2D eigenvalue weighted by Gasteiger charge is -2.11. The Morgan fingerprint density at radius 2 is 1.70 bits per heavy atom. The molecular weight excluding hydrogens is 369 g/mol. The highest BCUT2D eigenvalue weighted by molar-refractivity contribution is 9.10. The van der Waals surface area contributed by atoms with Gasteiger partial charge in [-0.25, -0.2) is 4.98 Å². The summed E-state index contributed by atoms with van der Waals surface area (Å²) in [4.78, 5) is 4.35. The second kappa shape index (κ2) is 6.20. The molecule has 1 heterocycles. The Morgan fingerprint density at radius 1 is 1.00 bits per heavy atom. The zero-order valence-corrected chi connectivity index (χ0v) is 13.5. The van der Waals surface area contributed by atoms with E-state index in [4.69, 9.17) is 0 Å². The molecule has 0 saturated heterocycles. The fraction of sp³-hybridized carbons (Fsp3) is 0.118. The van der Waals surface area contributed by atoms with Crippen LogP contribution in [0.25, 0.3) is 11.4 Å². The van der Waals surface area contributed by atoms with E-state index in [1.807, 2.05) is 35.0 Å². The van der Waals surface area contributed by atoms with Crippen molar-refractivity contribution >= 4 is 15.9 Å². The molecule has 0 radical (unpaired) electrons. The van der Waals surface area contributed by atoms with Gasteiger partial charge in [0.1, 0.15) is 5.82 Å². The number of aromatic nitrogens is 2. The minimum absolute atomic E-state index is 0.453. The Labute approximate surface area is 139 Å². The molecule has 1 aromatic heterocycles. The maximum atomic E-state index is 12.6. The van der Waals surface area contributed by atoms with Crippen molar-refractivity contribution in [2.24, 2.45) is 0 Å². The monoisotopic (exact) mass is 380 g/mol. The highest BCUT2D eigenvalue weighted by Crippen LogP contribution is 2.30. The average Bonchev–Trinajstić information content (AvgIpc) is 2.95. The standard InChI is InChI=1S/C17H12BrF3N2/c18-15-4-2-1-3-14(15)16-22-9-10-23(16)11-12-5-7-13(8-6-12)17(19,20)21/h1-10H,11H2. The van der Waals surface area contributed by atoms with Crippen LogP contribution in [0, 0.1) is 0 Å². The van der Waals surface area contributed by atoms with Crippen molar-refractivity contribution in [3.05, 3.63) is 76.5 Å². The number of hydrogen-bond donors (Lipinski definition) is 0. The lowest BCUT2D eigenvalue weighted by atomic mass is 10.1. The lowest BCUT2D eigenvalue weighted by molar-refractivity contribution is -0.137. The number of benzene rings is 2. The predicted molar refractivity (Wildman–Crippen MR) is 85.9 cm³/mol. The molecule has 3 aromatic rings. The van der Waals surface area contributed by atoms with Gasteiger partial charge in [-0.1, -0.05) is 46.3 Å². The van der Waals surface area contributed by atoms with E-state index in [1.54, 1.807) is 6.20 Å². The molecule has 3 rings (SSSR count). The lowest BCUT2D eigenvalue weighted by Crippen LogP contribution is -2.06. The minimum Gasteiger partial charge on any atom is -0.327 e. The summed E-state index contributed by atoms with van der Waals surface area (Å²) in [6.45, 7) is 0.453. The Bertz CT molecular complexity index is 807. The molecular formula is C17H12BrF3N2. The van der Waals surface area contributed by atoms with Gasteiger partial charge in [0.2, 0.25) is 0 Å². The van der Waals surface area contributed by atoms with Crippen LogP contribution in [-0.2, 0) is 12.7 Å². The first-order valence-electron chi connectivity index (χ1n) is 6.87. The van der Waals surface area contributed by atoms with Crippen LogP contribution in [0.2, 0.25) is 0 Å². The van der Waals surface area contributed by atoms with Crippen molar-refractivity contribution < 1.29 is 13.2 Å². The summed E-state index contributed by atoms with van der Waals surface area (Å²) in [7, 11) is 0. The third kappa shape index (κ3) is 3.47. The highest BCUT2D eigenvalue weighted by Gasteiger charge is 2.29. The minimum atomic E-state index is -4.31. The molecule has 23 heavy (non-hydrogen) atoms. The van der Waals surface area contributed by atoms with E-state index >= 15 is 0 Å². The van der Waals surface area contributed by atoms with Gasteiger partial charge in [-0.05, 0) is 23.8 Å². The summed E-state index contributed by atoms with van der Waals surface area (Å²) < 4.78 is 40.6. The van der Waals surface area contributed by atoms with Crippen molar-refractivity contribution in [3.8, 4) is 11.4 Å². The summed E-state index contributed by atoms with van der Waals surface area (Å²) >= 11 is 3.49. The van der Waals surface area contributed by atoms with Gasteiger partial charge in [-0.2, -0.15) is 13.2 Å². The molecule has 0 aliphatic heterocycles. The first-order chi connectivity index (χ1) is 10.9. The molecule has 0 amide bonds. The second-order valence-electron chi connectivity index (χ2n) is 5.05. The van der Waals surface area contributed by atoms with E-state index in [1.165, 1.54) is 12.1 Å². The SMILES string of the molecule is FC(F)(F)c1ccc(Cn2ccnc2-c2ccccc2Br)cc1. The van der Waals surface area contributed by atoms with Crippen LogP contribution in [0.5, 0.6) is 0 Å². The maximum Gasteiger partial charge on any atom is 0.416 e. The molecule has 0 fully saturated rings. The molecule has 0 spiro atoms. The number of halogens is 4. The summed E-state index contributed by atoms with van der Waals surface area (Å²) in [6, 6.07) is 12.9. The topological polar surface area (TPSA) is 17.8 Å². The van der Waals surface area contributed by atoms with Crippen molar-refractivity contribution in [1.82, 2.24) is 9.55 Å². The van der Waals surface area contributed by atoms with Gasteiger partial charge in [-0.15, -0.1) is 0 Å². The molecule has 118 valence electrons. The largest absolute Gasteiger partial charge is 0.416 e. The van der Waals surface area contributed by atoms with E-state index in [2.05, 4.69) is 20.9 Å². The Kier molecular flexibility index (Phi) is 4.26. The summed E-state index contributed by atoms with van der Waals surface area (Å²) in [5, 5.41) is 0. The van der Waals surface area contributed by atoms with Gasteiger partial charge >= 0.3 is 6.18 Å². The zero-order chi connectivity index (χ0) is 16.4. The van der Waals surface area contributed by atoms with Crippen LogP contribution in [0.1, 0.15) is 11.1 Å². The first kappa shape index (κ1) is 15.8. The molecule has 0 N–H and O–H groups in total. The van der Waals surface area contributed by atoms with E-state index in [-0.39, 0.29) is 0 Å². The predicted octanol–water partition coefficient (Wildman–Crippen LogP) is 5.38. The molecule has 0 saturated carbocycles. The third-order valence-corrected chi connectivity index (χ3v) is 4.16. The number of alkyl halides is 3. The highest BCUT2D eigenvalue weighted by atomic mass is 79.9. The van der Waals surface area contributed by atoms with E-state index in [9.17, 15) is 13.2 Å². The van der Waals surface area contributed by atoms with Crippen molar-refractivity contribution in [2.45, 2.75) is 12.7 Å². The van der Waals surface area contributed by atoms with Crippen molar-refractivity contribution in [3.63, 3.8) is 0 Å². The fourth-order valence-electron chi connectivity index (χ4n) is 2.32. The Hall–Kier alpha value is -2.08. The van der Waals surface area contributed by atoms with E-state index in [0.29, 0.717) is 6.54 Å². The van der Waals surface area contributed by atoms with Crippen molar-refractivity contribution in [1.29, 1.82) is 0 Å². The van der Waals surface area contributed by atoms with Crippen LogP contribution in [0.15, 0.2) is 65.4 Å². The van der Waals surface area contributed by atoms with Gasteiger partial charge in [0, 0.05) is 29.0 Å². The van der Waals surface area contributed by atoms with Gasteiger partial charge < -0.3 is 4.57 Å². The molecule has 2 aromatic carbocycles. The summed E-state index contributed by atoms with van der Waals surface area (Å²) in [5.74, 6) is 0.761. The quantitative estimate of drug-likeness (QED) is 0.596. The van der Waals surface area contributed by atoms with Crippen LogP contribution in [0.4, 0.5) is 13.2 Å². The van der Waals surface area contributed by atoms with E-state index < -0.39 is 11.7 Å². The fourth-order valence-corrected chi connectivity index (χ4v) is 2.78. The normalized spacial score (nSPS) is 11.7. The number of hydrogen-bond acceptors (Lipinski definition) is 1. The van der Waals surface area contributed by atoms with Gasteiger partial charge in [-0.3, -0.25) is 0 Å². The van der Waals surface area contributed by atoms with Crippen LogP contribution in [-0.4, -0.2) is 9.55 Å². The van der Waals surface area contributed by atoms with E-state index in [0.717, 1.165) is 33.6 Å². The van der Waals surface area contributed by atoms with Crippen molar-refractivity contribution in [2.75, 3.05) is 0 Å². The molecule has 6 heteroatoms. The first-order valence-corrected chi connectivity index (χ1v) is 7.66. The number of rotatable bonds is 3. The number of imidazole rings is 1. The van der Waals surface area contributed by atoms with Gasteiger partial charge in [0.15, 0.2) is 0 Å². The molecule has 0 unspecified atom stereocenters. The average molecular weight is 381 g/mol. The van der Waals surface area contributed by atoms with Crippen LogP contribution in [0.3, 0.4) is 0 Å². The summed E-state index contributed by atoms with van der Waals surface area (Å²) in [6.07, 6.45) is -0.821. The van der Waals surface area contributed by atoms with Gasteiger partial charge in [0.25, 0.3) is 0 Å². The van der Waals surface area contributed by atoms with Crippen LogP contribution < -0.4 is 0 Å². The molecule has 0 aliphatic carbocycles. The van der Waals surface area contributed by atoms with Crippen LogP contribution >= 0.6 is 15.9 Å². The zero-order valence-electron chi connectivity index (χ0n) is 11.9. The summed E-state index contributed by atoms with van der Waals surface area (Å²) in [5.41, 5.74) is 1.08. The molecule has 0 atom stereocenters. The molecule has 0 bridgehead atoms. The Morgan fingerprint density at radius 3 is 2.35 bits per heavy atom. The maximum absolute atomic E-state index is 12.6. The molecule has 2 nitrogen and oxygen atoms in total. The third-order valence-electron chi connectivity index (χ3n) is 3.46. The Balaban J connectivity index is 1.88. The second-order valence-corrected chi connectivity index (χ2v) is 5.91. The smallest absolute Gasteiger partial charge is 0.327 e.